The highest BCUT2D eigenvalue weighted by molar-refractivity contribution is 5.96. The van der Waals surface area contributed by atoms with Crippen molar-refractivity contribution in [3.05, 3.63) is 60.0 Å². The van der Waals surface area contributed by atoms with Crippen LogP contribution < -0.4 is 10.6 Å². The van der Waals surface area contributed by atoms with Gasteiger partial charge < -0.3 is 20.1 Å². The van der Waals surface area contributed by atoms with Crippen molar-refractivity contribution in [2.24, 2.45) is 0 Å². The molecule has 2 N–H and O–H groups in total. The van der Waals surface area contributed by atoms with E-state index in [1.807, 2.05) is 34.9 Å². The van der Waals surface area contributed by atoms with E-state index < -0.39 is 0 Å². The van der Waals surface area contributed by atoms with E-state index >= 15 is 0 Å². The van der Waals surface area contributed by atoms with E-state index in [0.29, 0.717) is 43.8 Å². The van der Waals surface area contributed by atoms with Crippen LogP contribution in [0.1, 0.15) is 15.9 Å². The fourth-order valence-electron chi connectivity index (χ4n) is 3.10. The van der Waals surface area contributed by atoms with Crippen molar-refractivity contribution in [2.45, 2.75) is 6.54 Å². The maximum Gasteiger partial charge on any atom is 0.317 e. The van der Waals surface area contributed by atoms with Crippen molar-refractivity contribution in [1.82, 2.24) is 30.1 Å². The molecule has 1 fully saturated rings. The van der Waals surface area contributed by atoms with E-state index in [2.05, 4.69) is 20.6 Å². The standard InChI is InChI=1S/C19H20N6O2/c26-18(20-6-8-24-9-7-21-19(24)27)15-10-16-17(22-11-15)25(13-23-16)12-14-4-2-1-3-5-14/h1-5,10-11,13H,6-9,12H2,(H,20,26)(H,21,27). The maximum absolute atomic E-state index is 12.3. The van der Waals surface area contributed by atoms with Crippen LogP contribution in [0.4, 0.5) is 4.79 Å². The minimum absolute atomic E-state index is 0.0868. The van der Waals surface area contributed by atoms with Gasteiger partial charge in [-0.3, -0.25) is 4.79 Å². The molecular formula is C19H20N6O2. The first-order valence-electron chi connectivity index (χ1n) is 8.86. The Balaban J connectivity index is 1.41. The molecule has 8 heteroatoms. The molecule has 0 saturated carbocycles. The Bertz CT molecular complexity index is 969. The largest absolute Gasteiger partial charge is 0.350 e. The van der Waals surface area contributed by atoms with Gasteiger partial charge in [0.15, 0.2) is 5.65 Å². The summed E-state index contributed by atoms with van der Waals surface area (Å²) in [5.41, 5.74) is 3.03. The zero-order valence-corrected chi connectivity index (χ0v) is 14.8. The normalized spacial score (nSPS) is 13.8. The number of benzene rings is 1. The number of pyridine rings is 1. The lowest BCUT2D eigenvalue weighted by molar-refractivity contribution is 0.0950. The van der Waals surface area contributed by atoms with Gasteiger partial charge in [0.2, 0.25) is 0 Å². The molecule has 0 bridgehead atoms. The van der Waals surface area contributed by atoms with Crippen LogP contribution in [0.5, 0.6) is 0 Å². The number of hydrogen-bond acceptors (Lipinski definition) is 4. The zero-order chi connectivity index (χ0) is 18.6. The van der Waals surface area contributed by atoms with Crippen molar-refractivity contribution in [3.8, 4) is 0 Å². The topological polar surface area (TPSA) is 92.2 Å². The predicted molar refractivity (Wildman–Crippen MR) is 100 cm³/mol. The molecule has 138 valence electrons. The number of aromatic nitrogens is 3. The van der Waals surface area contributed by atoms with Crippen LogP contribution in [0.15, 0.2) is 48.9 Å². The molecular weight excluding hydrogens is 344 g/mol. The van der Waals surface area contributed by atoms with Gasteiger partial charge in [0, 0.05) is 32.4 Å². The van der Waals surface area contributed by atoms with E-state index in [1.165, 1.54) is 0 Å². The number of hydrogen-bond donors (Lipinski definition) is 2. The van der Waals surface area contributed by atoms with Crippen LogP contribution in [0.25, 0.3) is 11.2 Å². The molecule has 1 aliphatic rings. The van der Waals surface area contributed by atoms with Crippen LogP contribution in [0, 0.1) is 0 Å². The Morgan fingerprint density at radius 3 is 2.85 bits per heavy atom. The molecule has 0 radical (unpaired) electrons. The average Bonchev–Trinajstić information content (AvgIpc) is 3.28. The molecule has 27 heavy (non-hydrogen) atoms. The van der Waals surface area contributed by atoms with E-state index in [-0.39, 0.29) is 11.9 Å². The van der Waals surface area contributed by atoms with E-state index in [9.17, 15) is 9.59 Å². The lowest BCUT2D eigenvalue weighted by Crippen LogP contribution is -2.36. The molecule has 1 aliphatic heterocycles. The molecule has 4 rings (SSSR count). The van der Waals surface area contributed by atoms with Crippen molar-refractivity contribution in [1.29, 1.82) is 0 Å². The molecule has 8 nitrogen and oxygen atoms in total. The lowest BCUT2D eigenvalue weighted by Gasteiger charge is -2.14. The second-order valence-electron chi connectivity index (χ2n) is 6.40. The lowest BCUT2D eigenvalue weighted by atomic mass is 10.2. The Kier molecular flexibility index (Phi) is 4.69. The van der Waals surface area contributed by atoms with Crippen molar-refractivity contribution >= 4 is 23.1 Å². The molecule has 0 atom stereocenters. The average molecular weight is 364 g/mol. The fourth-order valence-corrected chi connectivity index (χ4v) is 3.10. The minimum Gasteiger partial charge on any atom is -0.350 e. The highest BCUT2D eigenvalue weighted by Gasteiger charge is 2.19. The molecule has 3 amide bonds. The maximum atomic E-state index is 12.3. The molecule has 1 saturated heterocycles. The van der Waals surface area contributed by atoms with Gasteiger partial charge in [0.05, 0.1) is 18.4 Å². The number of fused-ring (bicyclic) bond motifs is 1. The van der Waals surface area contributed by atoms with E-state index in [1.54, 1.807) is 23.5 Å². The van der Waals surface area contributed by atoms with Gasteiger partial charge in [-0.05, 0) is 11.6 Å². The summed E-state index contributed by atoms with van der Waals surface area (Å²) in [5, 5.41) is 5.56. The Hall–Kier alpha value is -3.42. The number of urea groups is 1. The number of imidazole rings is 1. The second kappa shape index (κ2) is 7.45. The van der Waals surface area contributed by atoms with Crippen LogP contribution in [0.3, 0.4) is 0 Å². The third kappa shape index (κ3) is 3.74. The van der Waals surface area contributed by atoms with Gasteiger partial charge in [-0.1, -0.05) is 30.3 Å². The smallest absolute Gasteiger partial charge is 0.317 e. The molecule has 0 unspecified atom stereocenters. The first-order chi connectivity index (χ1) is 13.2. The summed E-state index contributed by atoms with van der Waals surface area (Å²) >= 11 is 0. The SMILES string of the molecule is O=C(NCCN1CCNC1=O)c1cnc2c(c1)ncn2Cc1ccccc1. The zero-order valence-electron chi connectivity index (χ0n) is 14.8. The Labute approximate surface area is 156 Å². The number of amides is 3. The molecule has 3 aromatic rings. The fraction of sp³-hybridized carbons (Fsp3) is 0.263. The summed E-state index contributed by atoms with van der Waals surface area (Å²) in [6, 6.07) is 11.7. The Morgan fingerprint density at radius 1 is 1.22 bits per heavy atom. The van der Waals surface area contributed by atoms with Crippen molar-refractivity contribution in [2.75, 3.05) is 26.2 Å². The monoisotopic (exact) mass is 364 g/mol. The van der Waals surface area contributed by atoms with Gasteiger partial charge >= 0.3 is 6.03 Å². The second-order valence-corrected chi connectivity index (χ2v) is 6.40. The highest BCUT2D eigenvalue weighted by Crippen LogP contribution is 2.14. The molecule has 0 spiro atoms. The van der Waals surface area contributed by atoms with Crippen molar-refractivity contribution in [3.63, 3.8) is 0 Å². The summed E-state index contributed by atoms with van der Waals surface area (Å²) in [6.45, 7) is 2.87. The minimum atomic E-state index is -0.221. The summed E-state index contributed by atoms with van der Waals surface area (Å²) in [5.74, 6) is -0.221. The molecule has 3 heterocycles. The van der Waals surface area contributed by atoms with Crippen molar-refractivity contribution < 1.29 is 9.59 Å². The molecule has 1 aromatic carbocycles. The number of carbonyl (C=O) groups is 2. The highest BCUT2D eigenvalue weighted by atomic mass is 16.2. The van der Waals surface area contributed by atoms with Crippen LogP contribution in [0.2, 0.25) is 0 Å². The number of rotatable bonds is 6. The molecule has 2 aromatic heterocycles. The van der Waals surface area contributed by atoms with E-state index in [0.717, 1.165) is 11.2 Å². The summed E-state index contributed by atoms with van der Waals surface area (Å²) in [7, 11) is 0. The molecule has 0 aliphatic carbocycles. The van der Waals surface area contributed by atoms with Gasteiger partial charge in [-0.25, -0.2) is 14.8 Å². The van der Waals surface area contributed by atoms with E-state index in [4.69, 9.17) is 0 Å². The summed E-state index contributed by atoms with van der Waals surface area (Å²) in [6.07, 6.45) is 3.29. The number of nitrogens with one attached hydrogen (secondary N) is 2. The van der Waals surface area contributed by atoms with Crippen LogP contribution in [-0.2, 0) is 6.54 Å². The quantitative estimate of drug-likeness (QED) is 0.688. The first kappa shape index (κ1) is 17.0. The summed E-state index contributed by atoms with van der Waals surface area (Å²) < 4.78 is 1.96. The number of carbonyl (C=O) groups excluding carboxylic acids is 2. The first-order valence-corrected chi connectivity index (χ1v) is 8.86. The van der Waals surface area contributed by atoms with Gasteiger partial charge in [-0.15, -0.1) is 0 Å². The van der Waals surface area contributed by atoms with Gasteiger partial charge in [0.1, 0.15) is 5.52 Å². The summed E-state index contributed by atoms with van der Waals surface area (Å²) in [4.78, 5) is 34.3. The van der Waals surface area contributed by atoms with Gasteiger partial charge in [0.25, 0.3) is 5.91 Å². The third-order valence-corrected chi connectivity index (χ3v) is 4.53. The predicted octanol–water partition coefficient (Wildman–Crippen LogP) is 1.23. The number of nitrogens with zero attached hydrogens (tertiary/aromatic N) is 4. The van der Waals surface area contributed by atoms with Crippen LogP contribution >= 0.6 is 0 Å². The third-order valence-electron chi connectivity index (χ3n) is 4.53. The van der Waals surface area contributed by atoms with Gasteiger partial charge in [-0.2, -0.15) is 0 Å². The van der Waals surface area contributed by atoms with Crippen LogP contribution in [-0.4, -0.2) is 57.6 Å². The Morgan fingerprint density at radius 2 is 2.07 bits per heavy atom.